The molecule has 2 aliphatic heterocycles. The van der Waals surface area contributed by atoms with Crippen molar-refractivity contribution >= 4 is 11.9 Å². The number of fused-ring (bicyclic) bond motifs is 2. The predicted molar refractivity (Wildman–Crippen MR) is 142 cm³/mol. The Bertz CT molecular complexity index is 1300. The van der Waals surface area contributed by atoms with Gasteiger partial charge in [-0.1, -0.05) is 18.2 Å². The van der Waals surface area contributed by atoms with Gasteiger partial charge in [0.05, 0.1) is 5.69 Å². The SMILES string of the molecule is Oc1ccc2c(c1)C13CCN(CC4CC4)C(C2)C12CCC1C3[C@@H](CN1c1ccc3c(n1)CCC=C3)C2. The molecular weight excluding hydrogens is 442 g/mol. The molecule has 0 radical (unpaired) electrons. The number of phenols is 1. The Morgan fingerprint density at radius 2 is 2.03 bits per heavy atom. The molecule has 4 bridgehead atoms. The van der Waals surface area contributed by atoms with E-state index in [1.54, 1.807) is 0 Å². The van der Waals surface area contributed by atoms with E-state index < -0.39 is 0 Å². The van der Waals surface area contributed by atoms with Gasteiger partial charge in [0.15, 0.2) is 0 Å². The van der Waals surface area contributed by atoms with Crippen LogP contribution < -0.4 is 4.90 Å². The van der Waals surface area contributed by atoms with Gasteiger partial charge in [-0.05, 0) is 128 Å². The smallest absolute Gasteiger partial charge is 0.129 e. The molecule has 36 heavy (non-hydrogen) atoms. The number of aromatic nitrogens is 1. The highest BCUT2D eigenvalue weighted by molar-refractivity contribution is 5.59. The molecule has 2 saturated heterocycles. The van der Waals surface area contributed by atoms with Crippen molar-refractivity contribution < 1.29 is 5.11 Å². The molecule has 7 aliphatic rings. The lowest BCUT2D eigenvalue weighted by molar-refractivity contribution is -0.0921. The molecule has 4 heteroatoms. The maximum atomic E-state index is 10.7. The van der Waals surface area contributed by atoms with Crippen molar-refractivity contribution in [2.75, 3.05) is 24.5 Å². The zero-order chi connectivity index (χ0) is 23.6. The molecule has 0 amide bonds. The number of aromatic hydroxyl groups is 1. The molecule has 5 unspecified atom stereocenters. The van der Waals surface area contributed by atoms with Crippen LogP contribution in [0.15, 0.2) is 36.4 Å². The summed E-state index contributed by atoms with van der Waals surface area (Å²) in [5, 5.41) is 10.7. The lowest BCUT2D eigenvalue weighted by Crippen LogP contribution is -2.69. The Labute approximate surface area is 214 Å². The van der Waals surface area contributed by atoms with Crippen molar-refractivity contribution in [1.82, 2.24) is 9.88 Å². The first-order chi connectivity index (χ1) is 17.7. The number of hydrogen-bond donors (Lipinski definition) is 1. The molecular formula is C32H37N3O. The number of allylic oxidation sites excluding steroid dienone is 1. The number of piperidine rings is 1. The minimum Gasteiger partial charge on any atom is -0.508 e. The quantitative estimate of drug-likeness (QED) is 0.646. The van der Waals surface area contributed by atoms with Gasteiger partial charge in [0.1, 0.15) is 11.6 Å². The van der Waals surface area contributed by atoms with Crippen molar-refractivity contribution in [3.05, 3.63) is 58.8 Å². The third-order valence-corrected chi connectivity index (χ3v) is 11.9. The molecule has 6 atom stereocenters. The summed E-state index contributed by atoms with van der Waals surface area (Å²) in [7, 11) is 0. The fourth-order valence-corrected chi connectivity index (χ4v) is 10.7. The fourth-order valence-electron chi connectivity index (χ4n) is 10.7. The van der Waals surface area contributed by atoms with Crippen LogP contribution in [0, 0.1) is 23.2 Å². The highest BCUT2D eigenvalue weighted by atomic mass is 16.3. The van der Waals surface area contributed by atoms with Crippen molar-refractivity contribution in [3.8, 4) is 5.75 Å². The third kappa shape index (κ3) is 2.48. The summed E-state index contributed by atoms with van der Waals surface area (Å²) in [4.78, 5) is 10.9. The van der Waals surface area contributed by atoms with Crippen LogP contribution in [0.1, 0.15) is 67.3 Å². The van der Waals surface area contributed by atoms with Gasteiger partial charge in [-0.15, -0.1) is 0 Å². The maximum absolute atomic E-state index is 10.7. The topological polar surface area (TPSA) is 39.6 Å². The van der Waals surface area contributed by atoms with E-state index in [0.29, 0.717) is 29.2 Å². The third-order valence-electron chi connectivity index (χ3n) is 11.9. The van der Waals surface area contributed by atoms with Crippen LogP contribution in [0.2, 0.25) is 0 Å². The Morgan fingerprint density at radius 1 is 1.08 bits per heavy atom. The zero-order valence-corrected chi connectivity index (χ0v) is 21.2. The summed E-state index contributed by atoms with van der Waals surface area (Å²) in [6, 6.07) is 12.3. The molecule has 1 aromatic heterocycles. The minimum absolute atomic E-state index is 0.226. The molecule has 186 valence electrons. The molecule has 3 heterocycles. The Balaban J connectivity index is 1.17. The van der Waals surface area contributed by atoms with Gasteiger partial charge < -0.3 is 10.0 Å². The molecule has 5 fully saturated rings. The van der Waals surface area contributed by atoms with Crippen LogP contribution in [-0.2, 0) is 18.3 Å². The van der Waals surface area contributed by atoms with Crippen LogP contribution >= 0.6 is 0 Å². The molecule has 0 spiro atoms. The largest absolute Gasteiger partial charge is 0.508 e. The standard InChI is InChI=1S/C32H37N3O/c36-24-9-7-22-15-28-31-12-11-27-30(32(31,25(22)16-24)13-14-34(28)18-20-5-6-20)23(17-31)19-35(27)29-10-8-21-3-1-2-4-26(21)33-29/h1,3,7-10,16,20,23,27-28,30,36H,2,4-6,11-15,17-19H2/t23-,27?,28?,30?,31?,32?/m1/s1. The van der Waals surface area contributed by atoms with E-state index in [0.717, 1.165) is 24.7 Å². The molecule has 2 aromatic rings. The first-order valence-electron chi connectivity index (χ1n) is 14.7. The molecule has 1 N–H and O–H groups in total. The lowest BCUT2D eigenvalue weighted by atomic mass is 9.43. The highest BCUT2D eigenvalue weighted by Crippen LogP contribution is 2.75. The van der Waals surface area contributed by atoms with Crippen molar-refractivity contribution in [2.45, 2.75) is 75.3 Å². The second-order valence-electron chi connectivity index (χ2n) is 13.3. The van der Waals surface area contributed by atoms with E-state index in [1.165, 1.54) is 92.8 Å². The number of anilines is 1. The Morgan fingerprint density at radius 3 is 2.94 bits per heavy atom. The summed E-state index contributed by atoms with van der Waals surface area (Å²) in [6.07, 6.45) is 16.1. The number of pyridine rings is 1. The van der Waals surface area contributed by atoms with Crippen LogP contribution in [0.5, 0.6) is 5.75 Å². The first-order valence-corrected chi connectivity index (χ1v) is 14.7. The van der Waals surface area contributed by atoms with Crippen LogP contribution in [0.3, 0.4) is 0 Å². The summed E-state index contributed by atoms with van der Waals surface area (Å²) < 4.78 is 0. The minimum atomic E-state index is 0.226. The number of rotatable bonds is 3. The van der Waals surface area contributed by atoms with Crippen molar-refractivity contribution in [1.29, 1.82) is 0 Å². The van der Waals surface area contributed by atoms with E-state index in [4.69, 9.17) is 4.98 Å². The number of hydrogen-bond acceptors (Lipinski definition) is 4. The van der Waals surface area contributed by atoms with E-state index in [-0.39, 0.29) is 5.41 Å². The zero-order valence-electron chi connectivity index (χ0n) is 21.2. The normalized spacial score (nSPS) is 39.6. The number of aryl methyl sites for hydroxylation is 1. The second kappa shape index (κ2) is 6.95. The number of likely N-dealkylation sites (tertiary alicyclic amines) is 1. The monoisotopic (exact) mass is 479 g/mol. The van der Waals surface area contributed by atoms with E-state index >= 15 is 0 Å². The average Bonchev–Trinajstić information content (AvgIpc) is 3.59. The van der Waals surface area contributed by atoms with Crippen molar-refractivity contribution in [2.24, 2.45) is 23.2 Å². The van der Waals surface area contributed by atoms with E-state index in [1.807, 2.05) is 6.07 Å². The number of phenolic OH excluding ortho intramolecular Hbond substituents is 1. The van der Waals surface area contributed by atoms with E-state index in [9.17, 15) is 5.11 Å². The second-order valence-corrected chi connectivity index (χ2v) is 13.3. The molecule has 9 rings (SSSR count). The highest BCUT2D eigenvalue weighted by Gasteiger charge is 2.76. The lowest BCUT2D eigenvalue weighted by Gasteiger charge is -2.66. The van der Waals surface area contributed by atoms with Gasteiger partial charge in [0.2, 0.25) is 0 Å². The fraction of sp³-hybridized carbons (Fsp3) is 0.594. The summed E-state index contributed by atoms with van der Waals surface area (Å²) in [5.41, 5.74) is 6.29. The summed E-state index contributed by atoms with van der Waals surface area (Å²) >= 11 is 0. The van der Waals surface area contributed by atoms with Gasteiger partial charge in [-0.2, -0.15) is 0 Å². The summed E-state index contributed by atoms with van der Waals surface area (Å²) in [5.74, 6) is 4.08. The first kappa shape index (κ1) is 20.7. The summed E-state index contributed by atoms with van der Waals surface area (Å²) in [6.45, 7) is 3.75. The Hall–Kier alpha value is -2.33. The maximum Gasteiger partial charge on any atom is 0.129 e. The van der Waals surface area contributed by atoms with Crippen LogP contribution in [0.4, 0.5) is 5.82 Å². The molecule has 4 nitrogen and oxygen atoms in total. The average molecular weight is 480 g/mol. The van der Waals surface area contributed by atoms with Crippen LogP contribution in [0.25, 0.3) is 6.08 Å². The number of benzene rings is 1. The van der Waals surface area contributed by atoms with Gasteiger partial charge in [-0.25, -0.2) is 4.98 Å². The van der Waals surface area contributed by atoms with Crippen molar-refractivity contribution in [3.63, 3.8) is 0 Å². The predicted octanol–water partition coefficient (Wildman–Crippen LogP) is 5.33. The van der Waals surface area contributed by atoms with Gasteiger partial charge in [0, 0.05) is 30.6 Å². The number of nitrogens with zero attached hydrogens (tertiary/aromatic N) is 3. The molecule has 1 aromatic carbocycles. The Kier molecular flexibility index (Phi) is 3.99. The molecule has 3 saturated carbocycles. The molecule has 5 aliphatic carbocycles. The van der Waals surface area contributed by atoms with Gasteiger partial charge >= 0.3 is 0 Å². The van der Waals surface area contributed by atoms with Crippen LogP contribution in [-0.4, -0.2) is 46.7 Å². The van der Waals surface area contributed by atoms with Gasteiger partial charge in [0.25, 0.3) is 0 Å². The van der Waals surface area contributed by atoms with Gasteiger partial charge in [-0.3, -0.25) is 4.90 Å². The van der Waals surface area contributed by atoms with E-state index in [2.05, 4.69) is 46.2 Å².